The lowest BCUT2D eigenvalue weighted by Crippen LogP contribution is -2.28. The Morgan fingerprint density at radius 3 is 2.14 bits per heavy atom. The van der Waals surface area contributed by atoms with Gasteiger partial charge in [-0.2, -0.15) is 0 Å². The van der Waals surface area contributed by atoms with Crippen molar-refractivity contribution in [3.63, 3.8) is 0 Å². The van der Waals surface area contributed by atoms with Gasteiger partial charge in [-0.05, 0) is 75.0 Å². The number of hydrogen-bond donors (Lipinski definition) is 2. The molecule has 0 spiro atoms. The van der Waals surface area contributed by atoms with Crippen LogP contribution in [0.1, 0.15) is 98.1 Å². The van der Waals surface area contributed by atoms with Crippen molar-refractivity contribution in [3.05, 3.63) is 41.5 Å². The smallest absolute Gasteiger partial charge is 0.0589 e. The summed E-state index contributed by atoms with van der Waals surface area (Å²) in [6, 6.07) is 6.91. The Hall–Kier alpha value is -1.32. The van der Waals surface area contributed by atoms with Gasteiger partial charge in [-0.3, -0.25) is 0 Å². The van der Waals surface area contributed by atoms with E-state index in [2.05, 4.69) is 43.9 Å². The highest BCUT2D eigenvalue weighted by Crippen LogP contribution is 2.47. The number of benzene rings is 1. The molecule has 3 nitrogen and oxygen atoms in total. The monoisotopic (exact) mass is 407 g/mol. The molecule has 4 N–H and O–H groups in total. The topological polar surface area (TPSA) is 63.8 Å². The minimum Gasteiger partial charge on any atom is -0.412 e. The highest BCUT2D eigenvalue weighted by Gasteiger charge is 2.34. The molecule has 0 unspecified atom stereocenters. The number of rotatable bonds is 8. The van der Waals surface area contributed by atoms with Crippen molar-refractivity contribution < 1.29 is 10.6 Å². The largest absolute Gasteiger partial charge is 0.412 e. The van der Waals surface area contributed by atoms with Crippen LogP contribution in [0.3, 0.4) is 0 Å². The quantitative estimate of drug-likeness (QED) is 0.469. The Morgan fingerprint density at radius 1 is 1.21 bits per heavy atom. The van der Waals surface area contributed by atoms with Crippen molar-refractivity contribution in [1.82, 2.24) is 0 Å². The van der Waals surface area contributed by atoms with E-state index < -0.39 is 5.60 Å². The normalized spacial score (nSPS) is 14.1. The second-order valence-electron chi connectivity index (χ2n) is 8.71. The Balaban J connectivity index is 0. The number of anilines is 1. The third-order valence-electron chi connectivity index (χ3n) is 5.84. The third kappa shape index (κ3) is 10.9. The SMILES string of the molecule is C=C(Cc1ccc(CCCC)cc1NC)C1(C)CCC1.CC.CCC(C)(C)O.O. The van der Waals surface area contributed by atoms with Gasteiger partial charge in [0.2, 0.25) is 0 Å². The zero-order chi connectivity index (χ0) is 21.8. The molecule has 1 aliphatic carbocycles. The van der Waals surface area contributed by atoms with E-state index in [4.69, 9.17) is 5.11 Å². The summed E-state index contributed by atoms with van der Waals surface area (Å²) in [6.07, 6.45) is 9.55. The van der Waals surface area contributed by atoms with Crippen LogP contribution in [0, 0.1) is 5.41 Å². The second-order valence-corrected chi connectivity index (χ2v) is 8.71. The standard InChI is InChI=1S/C19H29N.C5H12O.C2H6.H2O/c1-5-6-8-16-9-10-17(18(14-16)20-4)13-15(2)19(3)11-7-12-19;1-4-5(2,3)6;1-2;/h9-10,14,20H,2,5-8,11-13H2,1,3-4H3;6H,4H2,1-3H3;1-2H3;1H2. The van der Waals surface area contributed by atoms with Gasteiger partial charge in [-0.25, -0.2) is 0 Å². The predicted molar refractivity (Wildman–Crippen MR) is 131 cm³/mol. The molecule has 3 heteroatoms. The van der Waals surface area contributed by atoms with Crippen LogP contribution in [-0.2, 0) is 12.8 Å². The molecule has 0 saturated heterocycles. The van der Waals surface area contributed by atoms with Gasteiger partial charge < -0.3 is 15.9 Å². The van der Waals surface area contributed by atoms with Gasteiger partial charge in [0, 0.05) is 12.7 Å². The van der Waals surface area contributed by atoms with Crippen LogP contribution >= 0.6 is 0 Å². The van der Waals surface area contributed by atoms with Crippen LogP contribution in [-0.4, -0.2) is 23.2 Å². The van der Waals surface area contributed by atoms with Crippen LogP contribution in [0.5, 0.6) is 0 Å². The summed E-state index contributed by atoms with van der Waals surface area (Å²) in [5.74, 6) is 0. The van der Waals surface area contributed by atoms with E-state index in [-0.39, 0.29) is 5.48 Å². The van der Waals surface area contributed by atoms with Crippen LogP contribution in [0.25, 0.3) is 0 Å². The van der Waals surface area contributed by atoms with Gasteiger partial charge in [0.1, 0.15) is 0 Å². The van der Waals surface area contributed by atoms with Crippen molar-refractivity contribution in [2.75, 3.05) is 12.4 Å². The average Bonchev–Trinajstić information content (AvgIpc) is 2.66. The van der Waals surface area contributed by atoms with E-state index in [1.165, 1.54) is 60.9 Å². The molecule has 0 amide bonds. The first-order chi connectivity index (χ1) is 13.1. The minimum absolute atomic E-state index is 0. The molecule has 0 bridgehead atoms. The number of aryl methyl sites for hydroxylation is 1. The Morgan fingerprint density at radius 2 is 1.76 bits per heavy atom. The molecule has 29 heavy (non-hydrogen) atoms. The number of allylic oxidation sites excluding steroid dienone is 1. The van der Waals surface area contributed by atoms with Crippen LogP contribution in [0.2, 0.25) is 0 Å². The van der Waals surface area contributed by atoms with E-state index in [1.54, 1.807) is 13.8 Å². The van der Waals surface area contributed by atoms with Gasteiger partial charge >= 0.3 is 0 Å². The summed E-state index contributed by atoms with van der Waals surface area (Å²) in [6.45, 7) is 18.5. The highest BCUT2D eigenvalue weighted by atomic mass is 16.3. The van der Waals surface area contributed by atoms with E-state index in [0.717, 1.165) is 12.8 Å². The first-order valence-electron chi connectivity index (χ1n) is 11.4. The van der Waals surface area contributed by atoms with E-state index in [0.29, 0.717) is 5.41 Å². The van der Waals surface area contributed by atoms with Crippen molar-refractivity contribution in [1.29, 1.82) is 0 Å². The maximum Gasteiger partial charge on any atom is 0.0589 e. The van der Waals surface area contributed by atoms with Gasteiger partial charge in [0.05, 0.1) is 5.60 Å². The van der Waals surface area contributed by atoms with E-state index >= 15 is 0 Å². The van der Waals surface area contributed by atoms with E-state index in [9.17, 15) is 0 Å². The molecule has 1 aromatic rings. The molecule has 0 atom stereocenters. The molecule has 1 aromatic carbocycles. The Labute approximate surface area is 181 Å². The molecule has 1 saturated carbocycles. The molecule has 2 rings (SSSR count). The predicted octanol–water partition coefficient (Wildman–Crippen LogP) is 6.73. The fourth-order valence-electron chi connectivity index (χ4n) is 3.05. The van der Waals surface area contributed by atoms with Gasteiger partial charge in [-0.1, -0.05) is 71.7 Å². The van der Waals surface area contributed by atoms with Gasteiger partial charge in [-0.15, -0.1) is 0 Å². The van der Waals surface area contributed by atoms with Crippen molar-refractivity contribution >= 4 is 5.69 Å². The first kappa shape index (κ1) is 29.9. The molecule has 170 valence electrons. The molecule has 1 aliphatic rings. The van der Waals surface area contributed by atoms with Crippen LogP contribution in [0.4, 0.5) is 5.69 Å². The fourth-order valence-corrected chi connectivity index (χ4v) is 3.05. The molecular weight excluding hydrogens is 358 g/mol. The summed E-state index contributed by atoms with van der Waals surface area (Å²) < 4.78 is 0. The van der Waals surface area contributed by atoms with Crippen LogP contribution in [0.15, 0.2) is 30.4 Å². The van der Waals surface area contributed by atoms with Gasteiger partial charge in [0.25, 0.3) is 0 Å². The van der Waals surface area contributed by atoms with Crippen molar-refractivity contribution in [3.8, 4) is 0 Å². The summed E-state index contributed by atoms with van der Waals surface area (Å²) in [5.41, 5.74) is 5.46. The zero-order valence-corrected chi connectivity index (χ0v) is 20.5. The number of hydrogen-bond acceptors (Lipinski definition) is 2. The molecule has 0 aliphatic heterocycles. The summed E-state index contributed by atoms with van der Waals surface area (Å²) in [7, 11) is 2.02. The lowest BCUT2D eigenvalue weighted by Gasteiger charge is -2.40. The lowest BCUT2D eigenvalue weighted by molar-refractivity contribution is 0.0765. The molecule has 0 radical (unpaired) electrons. The number of unbranched alkanes of at least 4 members (excludes halogenated alkanes) is 1. The maximum atomic E-state index is 8.83. The number of nitrogens with one attached hydrogen (secondary N) is 1. The highest BCUT2D eigenvalue weighted by molar-refractivity contribution is 5.54. The minimum atomic E-state index is -0.458. The molecule has 1 fully saturated rings. The molecule has 0 aromatic heterocycles. The van der Waals surface area contributed by atoms with E-state index in [1.807, 2.05) is 27.8 Å². The summed E-state index contributed by atoms with van der Waals surface area (Å²) >= 11 is 0. The van der Waals surface area contributed by atoms with Gasteiger partial charge in [0.15, 0.2) is 0 Å². The second kappa shape index (κ2) is 14.6. The fraction of sp³-hybridized carbons (Fsp3) is 0.692. The molecular formula is C26H49NO2. The summed E-state index contributed by atoms with van der Waals surface area (Å²) in [4.78, 5) is 0. The third-order valence-corrected chi connectivity index (χ3v) is 5.84. The maximum absolute atomic E-state index is 8.83. The molecule has 0 heterocycles. The lowest BCUT2D eigenvalue weighted by atomic mass is 9.65. The first-order valence-corrected chi connectivity index (χ1v) is 11.4. The zero-order valence-electron chi connectivity index (χ0n) is 20.5. The number of aliphatic hydroxyl groups is 1. The Kier molecular flexibility index (Phi) is 15.1. The van der Waals surface area contributed by atoms with Crippen molar-refractivity contribution in [2.24, 2.45) is 5.41 Å². The van der Waals surface area contributed by atoms with Crippen molar-refractivity contribution in [2.45, 2.75) is 105 Å². The average molecular weight is 408 g/mol. The van der Waals surface area contributed by atoms with Crippen LogP contribution < -0.4 is 5.32 Å². The Bertz CT molecular complexity index is 569. The summed E-state index contributed by atoms with van der Waals surface area (Å²) in [5, 5.41) is 12.2.